The summed E-state index contributed by atoms with van der Waals surface area (Å²) in [5.41, 5.74) is 3.93. The van der Waals surface area contributed by atoms with Crippen molar-refractivity contribution in [3.05, 3.63) is 77.5 Å². The molecule has 4 aromatic rings. The molecule has 1 N–H and O–H groups in total. The first-order valence-electron chi connectivity index (χ1n) is 8.36. The number of carbonyl (C=O) groups excluding carboxylic acids is 2. The predicted molar refractivity (Wildman–Crippen MR) is 99.2 cm³/mol. The maximum Gasteiger partial charge on any atom is 0.210 e. The van der Waals surface area contributed by atoms with Crippen molar-refractivity contribution in [3.63, 3.8) is 0 Å². The van der Waals surface area contributed by atoms with E-state index in [0.717, 1.165) is 16.6 Å². The van der Waals surface area contributed by atoms with Crippen LogP contribution in [0.3, 0.4) is 0 Å². The van der Waals surface area contributed by atoms with Crippen molar-refractivity contribution >= 4 is 22.5 Å². The highest BCUT2D eigenvalue weighted by atomic mass is 16.5. The van der Waals surface area contributed by atoms with Gasteiger partial charge in [-0.3, -0.25) is 19.6 Å². The number of H-pyrrole nitrogens is 1. The Bertz CT molecular complexity index is 1260. The highest BCUT2D eigenvalue weighted by Crippen LogP contribution is 2.34. The Morgan fingerprint density at radius 3 is 2.63 bits per heavy atom. The van der Waals surface area contributed by atoms with E-state index in [1.807, 2.05) is 24.3 Å². The molecular formula is C21H13N3O3. The first-order valence-corrected chi connectivity index (χ1v) is 8.36. The molecule has 0 atom stereocenters. The van der Waals surface area contributed by atoms with Crippen LogP contribution in [0.2, 0.25) is 0 Å². The minimum absolute atomic E-state index is 0.192. The lowest BCUT2D eigenvalue weighted by Crippen LogP contribution is -2.20. The minimum Gasteiger partial charge on any atom is -0.495 e. The van der Waals surface area contributed by atoms with Crippen molar-refractivity contribution in [1.82, 2.24) is 15.0 Å². The number of nitrogens with zero attached hydrogens (tertiary/aromatic N) is 2. The highest BCUT2D eigenvalue weighted by Gasteiger charge is 2.33. The van der Waals surface area contributed by atoms with E-state index in [9.17, 15) is 9.59 Å². The second kappa shape index (κ2) is 5.60. The molecule has 0 amide bonds. The third-order valence-electron chi connectivity index (χ3n) is 4.85. The summed E-state index contributed by atoms with van der Waals surface area (Å²) < 4.78 is 5.24. The van der Waals surface area contributed by atoms with Gasteiger partial charge < -0.3 is 9.72 Å². The van der Waals surface area contributed by atoms with E-state index in [2.05, 4.69) is 15.0 Å². The minimum atomic E-state index is -0.195. The average Bonchev–Trinajstić information content (AvgIpc) is 3.11. The zero-order valence-electron chi connectivity index (χ0n) is 14.3. The van der Waals surface area contributed by atoms with E-state index in [-0.39, 0.29) is 11.6 Å². The van der Waals surface area contributed by atoms with Crippen molar-refractivity contribution in [1.29, 1.82) is 0 Å². The molecule has 5 rings (SSSR count). The summed E-state index contributed by atoms with van der Waals surface area (Å²) >= 11 is 0. The zero-order valence-corrected chi connectivity index (χ0v) is 14.3. The van der Waals surface area contributed by atoms with Gasteiger partial charge in [0.25, 0.3) is 0 Å². The van der Waals surface area contributed by atoms with Gasteiger partial charge in [0.15, 0.2) is 5.78 Å². The summed E-state index contributed by atoms with van der Waals surface area (Å²) in [6.45, 7) is 0. The molecule has 0 fully saturated rings. The van der Waals surface area contributed by atoms with Crippen molar-refractivity contribution in [2.75, 3.05) is 7.11 Å². The Morgan fingerprint density at radius 1 is 0.889 bits per heavy atom. The first kappa shape index (κ1) is 15.5. The van der Waals surface area contributed by atoms with Gasteiger partial charge in [0, 0.05) is 40.6 Å². The molecule has 0 unspecified atom stereocenters. The van der Waals surface area contributed by atoms with E-state index < -0.39 is 0 Å². The van der Waals surface area contributed by atoms with Crippen LogP contribution in [0.1, 0.15) is 32.0 Å². The van der Waals surface area contributed by atoms with Gasteiger partial charge in [-0.1, -0.05) is 6.07 Å². The lowest BCUT2D eigenvalue weighted by molar-refractivity contribution is 0.0977. The summed E-state index contributed by atoms with van der Waals surface area (Å²) in [4.78, 5) is 37.1. The molecule has 1 aliphatic carbocycles. The molecule has 130 valence electrons. The third kappa shape index (κ3) is 2.20. The van der Waals surface area contributed by atoms with Crippen LogP contribution in [0, 0.1) is 0 Å². The Kier molecular flexibility index (Phi) is 3.21. The molecule has 1 aliphatic rings. The highest BCUT2D eigenvalue weighted by molar-refractivity contribution is 6.32. The summed E-state index contributed by atoms with van der Waals surface area (Å²) in [5.74, 6) is 0.262. The number of nitrogens with one attached hydrogen (secondary N) is 1. The monoisotopic (exact) mass is 355 g/mol. The molecule has 0 radical (unpaired) electrons. The zero-order chi connectivity index (χ0) is 18.5. The molecule has 27 heavy (non-hydrogen) atoms. The Hall–Kier alpha value is -3.80. The molecule has 0 bridgehead atoms. The van der Waals surface area contributed by atoms with E-state index >= 15 is 0 Å². The molecule has 1 aromatic carbocycles. The number of rotatable bonds is 2. The van der Waals surface area contributed by atoms with Crippen molar-refractivity contribution < 1.29 is 14.3 Å². The molecule has 6 nitrogen and oxygen atoms in total. The topological polar surface area (TPSA) is 84.9 Å². The summed E-state index contributed by atoms with van der Waals surface area (Å²) in [6, 6.07) is 9.14. The smallest absolute Gasteiger partial charge is 0.210 e. The second-order valence-corrected chi connectivity index (χ2v) is 6.33. The molecule has 0 saturated carbocycles. The van der Waals surface area contributed by atoms with Gasteiger partial charge in [-0.25, -0.2) is 0 Å². The summed E-state index contributed by atoms with van der Waals surface area (Å²) in [7, 11) is 1.59. The molecule has 3 heterocycles. The van der Waals surface area contributed by atoms with Gasteiger partial charge >= 0.3 is 0 Å². The SMILES string of the molecule is COc1cncc(-c2ccc3[nH]c4c(c3c2)C(=O)c2cnccc2C4=O)c1. The van der Waals surface area contributed by atoms with Crippen molar-refractivity contribution in [3.8, 4) is 16.9 Å². The summed E-state index contributed by atoms with van der Waals surface area (Å²) in [5, 5.41) is 0.707. The predicted octanol–water partition coefficient (Wildman–Crippen LogP) is 3.41. The molecular weight excluding hydrogens is 342 g/mol. The second-order valence-electron chi connectivity index (χ2n) is 6.33. The molecule has 0 saturated heterocycles. The van der Waals surface area contributed by atoms with Crippen LogP contribution < -0.4 is 4.74 Å². The fraction of sp³-hybridized carbons (Fsp3) is 0.0476. The lowest BCUT2D eigenvalue weighted by atomic mass is 9.88. The maximum absolute atomic E-state index is 13.0. The van der Waals surface area contributed by atoms with Gasteiger partial charge in [-0.05, 0) is 29.8 Å². The number of ketones is 2. The van der Waals surface area contributed by atoms with Gasteiger partial charge in [-0.2, -0.15) is 0 Å². The molecule has 0 spiro atoms. The maximum atomic E-state index is 13.0. The number of fused-ring (bicyclic) bond motifs is 4. The van der Waals surface area contributed by atoms with Gasteiger partial charge in [-0.15, -0.1) is 0 Å². The number of hydrogen-bond donors (Lipinski definition) is 1. The van der Waals surface area contributed by atoms with Gasteiger partial charge in [0.2, 0.25) is 5.78 Å². The van der Waals surface area contributed by atoms with E-state index in [1.165, 1.54) is 12.4 Å². The molecule has 0 aliphatic heterocycles. The fourth-order valence-electron chi connectivity index (χ4n) is 3.51. The van der Waals surface area contributed by atoms with Crippen LogP contribution in [0.5, 0.6) is 5.75 Å². The van der Waals surface area contributed by atoms with Crippen LogP contribution in [0.15, 0.2) is 55.1 Å². The van der Waals surface area contributed by atoms with Gasteiger partial charge in [0.1, 0.15) is 5.75 Å². The van der Waals surface area contributed by atoms with E-state index in [4.69, 9.17) is 4.74 Å². The van der Waals surface area contributed by atoms with Crippen LogP contribution in [0.25, 0.3) is 22.0 Å². The van der Waals surface area contributed by atoms with Crippen molar-refractivity contribution in [2.45, 2.75) is 0 Å². The number of ether oxygens (including phenoxy) is 1. The number of carbonyl (C=O) groups is 2. The number of aromatic amines is 1. The molecule has 6 heteroatoms. The third-order valence-corrected chi connectivity index (χ3v) is 4.85. The quantitative estimate of drug-likeness (QED) is 0.524. The molecule has 3 aromatic heterocycles. The number of aromatic nitrogens is 3. The number of hydrogen-bond acceptors (Lipinski definition) is 5. The number of methoxy groups -OCH3 is 1. The first-order chi connectivity index (χ1) is 13.2. The lowest BCUT2D eigenvalue weighted by Gasteiger charge is -2.13. The normalized spacial score (nSPS) is 12.8. The van der Waals surface area contributed by atoms with Gasteiger partial charge in [0.05, 0.1) is 30.1 Å². The summed E-state index contributed by atoms with van der Waals surface area (Å²) in [6.07, 6.45) is 6.33. The Labute approximate surface area is 153 Å². The standard InChI is InChI=1S/C21H13N3O3/c1-27-13-6-12(8-23-9-13)11-2-3-17-15(7-11)18-19(24-17)21(26)14-4-5-22-10-16(14)20(18)25/h2-10,24H,1H3. The Morgan fingerprint density at radius 2 is 1.78 bits per heavy atom. The van der Waals surface area contributed by atoms with Crippen LogP contribution in [-0.4, -0.2) is 33.6 Å². The van der Waals surface area contributed by atoms with E-state index in [0.29, 0.717) is 33.5 Å². The van der Waals surface area contributed by atoms with Crippen molar-refractivity contribution in [2.24, 2.45) is 0 Å². The van der Waals surface area contributed by atoms with Crippen LogP contribution >= 0.6 is 0 Å². The fourth-order valence-corrected chi connectivity index (χ4v) is 3.51. The van der Waals surface area contributed by atoms with Crippen LogP contribution in [0.4, 0.5) is 0 Å². The Balaban J connectivity index is 1.73. The largest absolute Gasteiger partial charge is 0.495 e. The van der Waals surface area contributed by atoms with Crippen LogP contribution in [-0.2, 0) is 0 Å². The van der Waals surface area contributed by atoms with E-state index in [1.54, 1.807) is 25.6 Å². The average molecular weight is 355 g/mol. The number of pyridine rings is 2. The number of benzene rings is 1.